The number of rotatable bonds is 8. The molecular formula is C19H32BrN5O5. The van der Waals surface area contributed by atoms with Crippen molar-refractivity contribution in [3.05, 3.63) is 0 Å². The first-order chi connectivity index (χ1) is 14.4. The van der Waals surface area contributed by atoms with Gasteiger partial charge in [-0.15, -0.1) is 0 Å². The lowest BCUT2D eigenvalue weighted by molar-refractivity contribution is -0.126. The van der Waals surface area contributed by atoms with Crippen molar-refractivity contribution >= 4 is 45.1 Å². The van der Waals surface area contributed by atoms with Gasteiger partial charge >= 0.3 is 0 Å². The zero-order valence-corrected chi connectivity index (χ0v) is 18.7. The third-order valence-electron chi connectivity index (χ3n) is 4.84. The molecule has 0 unspecified atom stereocenters. The second-order valence-corrected chi connectivity index (χ2v) is 7.72. The molecule has 2 amide bonds. The molecule has 1 aliphatic rings. The Morgan fingerprint density at radius 3 is 2.57 bits per heavy atom. The second kappa shape index (κ2) is 15.2. The van der Waals surface area contributed by atoms with Gasteiger partial charge in [0.1, 0.15) is 5.78 Å². The summed E-state index contributed by atoms with van der Waals surface area (Å²) in [6.07, 6.45) is 2.49. The van der Waals surface area contributed by atoms with Crippen molar-refractivity contribution in [1.29, 1.82) is 0 Å². The van der Waals surface area contributed by atoms with Gasteiger partial charge in [-0.2, -0.15) is 0 Å². The van der Waals surface area contributed by atoms with Gasteiger partial charge in [0, 0.05) is 25.8 Å². The number of hydrogen-bond donors (Lipinski definition) is 5. The fourth-order valence-corrected chi connectivity index (χ4v) is 3.23. The summed E-state index contributed by atoms with van der Waals surface area (Å²) in [6, 6.07) is -1.18. The van der Waals surface area contributed by atoms with E-state index in [-0.39, 0.29) is 79.9 Å². The fourth-order valence-electron chi connectivity index (χ4n) is 3.04. The lowest BCUT2D eigenvalue weighted by Crippen LogP contribution is -2.49. The highest BCUT2D eigenvalue weighted by Crippen LogP contribution is 2.06. The Hall–Kier alpha value is -1.69. The Kier molecular flexibility index (Phi) is 13.3. The zero-order valence-electron chi connectivity index (χ0n) is 17.1. The smallest absolute Gasteiger partial charge is 0.230 e. The van der Waals surface area contributed by atoms with Gasteiger partial charge in [-0.3, -0.25) is 29.3 Å². The summed E-state index contributed by atoms with van der Waals surface area (Å²) in [4.78, 5) is 59.8. The largest absolute Gasteiger partial charge is 0.355 e. The number of ketones is 3. The Bertz CT molecular complexity index is 616. The average molecular weight is 490 g/mol. The van der Waals surface area contributed by atoms with Crippen LogP contribution in [0.1, 0.15) is 44.9 Å². The van der Waals surface area contributed by atoms with E-state index in [0.29, 0.717) is 25.8 Å². The molecule has 0 saturated carbocycles. The quantitative estimate of drug-likeness (QED) is 0.212. The highest BCUT2D eigenvalue weighted by atomic mass is 79.9. The summed E-state index contributed by atoms with van der Waals surface area (Å²) in [5.41, 5.74) is 5.45. The minimum absolute atomic E-state index is 0.0451. The molecule has 30 heavy (non-hydrogen) atoms. The van der Waals surface area contributed by atoms with Crippen LogP contribution >= 0.6 is 15.9 Å². The van der Waals surface area contributed by atoms with Crippen LogP contribution in [0.3, 0.4) is 0 Å². The maximum absolute atomic E-state index is 12.7. The molecule has 11 heteroatoms. The van der Waals surface area contributed by atoms with E-state index >= 15 is 0 Å². The maximum Gasteiger partial charge on any atom is 0.230 e. The first kappa shape index (κ1) is 26.3. The van der Waals surface area contributed by atoms with Crippen LogP contribution in [0.2, 0.25) is 0 Å². The molecule has 10 nitrogen and oxygen atoms in total. The first-order valence-corrected chi connectivity index (χ1v) is 11.3. The van der Waals surface area contributed by atoms with Gasteiger partial charge < -0.3 is 21.7 Å². The van der Waals surface area contributed by atoms with E-state index in [1.165, 1.54) is 0 Å². The number of carbonyl (C=O) groups excluding carboxylic acids is 5. The topological polar surface area (TPSA) is 159 Å². The van der Waals surface area contributed by atoms with Crippen LogP contribution in [-0.4, -0.2) is 72.9 Å². The normalized spacial score (nSPS) is 22.1. The van der Waals surface area contributed by atoms with Crippen molar-refractivity contribution in [3.8, 4) is 0 Å². The number of Topliss-reactive ketones (excluding diaryl/α,β-unsaturated/α-hetero) is 3. The predicted molar refractivity (Wildman–Crippen MR) is 115 cm³/mol. The molecule has 0 aromatic rings. The Morgan fingerprint density at radius 2 is 1.87 bits per heavy atom. The number of hydrogen-bond acceptors (Lipinski definition) is 8. The standard InChI is InChI=1S/C19H32BrN5O5/c20-9-19(30)22-8-2-1-3-14-17(28)11-23-15(16(27)10-21)6-4-13(26)5-7-18(29)25-12-24-14/h14-15,23-24H,1-12,21H2,(H,22,30)(H,25,29)/t14-,15-/m0/s1. The number of nitrogens with two attached hydrogens (primary N) is 1. The highest BCUT2D eigenvalue weighted by Gasteiger charge is 2.23. The summed E-state index contributed by atoms with van der Waals surface area (Å²) in [5, 5.41) is 11.6. The number of halogens is 1. The van der Waals surface area contributed by atoms with E-state index in [1.807, 2.05) is 0 Å². The molecular weight excluding hydrogens is 458 g/mol. The van der Waals surface area contributed by atoms with E-state index in [2.05, 4.69) is 37.2 Å². The molecule has 0 aromatic heterocycles. The first-order valence-electron chi connectivity index (χ1n) is 10.2. The zero-order chi connectivity index (χ0) is 22.4. The van der Waals surface area contributed by atoms with E-state index in [9.17, 15) is 24.0 Å². The summed E-state index contributed by atoms with van der Waals surface area (Å²) < 4.78 is 0. The van der Waals surface area contributed by atoms with E-state index in [1.54, 1.807) is 0 Å². The van der Waals surface area contributed by atoms with Crippen molar-refractivity contribution in [2.75, 3.05) is 31.6 Å². The van der Waals surface area contributed by atoms with Gasteiger partial charge in [-0.1, -0.05) is 15.9 Å². The van der Waals surface area contributed by atoms with Gasteiger partial charge in [-0.05, 0) is 25.7 Å². The van der Waals surface area contributed by atoms with Gasteiger partial charge in [0.25, 0.3) is 0 Å². The highest BCUT2D eigenvalue weighted by molar-refractivity contribution is 9.09. The number of nitrogens with one attached hydrogen (secondary N) is 4. The minimum Gasteiger partial charge on any atom is -0.355 e. The molecule has 0 radical (unpaired) electrons. The molecule has 1 heterocycles. The van der Waals surface area contributed by atoms with Crippen LogP contribution in [0, 0.1) is 0 Å². The number of amides is 2. The molecule has 0 bridgehead atoms. The monoisotopic (exact) mass is 489 g/mol. The van der Waals surface area contributed by atoms with Crippen molar-refractivity contribution in [3.63, 3.8) is 0 Å². The summed E-state index contributed by atoms with van der Waals surface area (Å²) in [5.74, 6) is -0.880. The van der Waals surface area contributed by atoms with E-state index < -0.39 is 12.1 Å². The van der Waals surface area contributed by atoms with E-state index in [4.69, 9.17) is 5.73 Å². The molecule has 1 aliphatic heterocycles. The minimum atomic E-state index is -0.667. The van der Waals surface area contributed by atoms with Crippen molar-refractivity contribution in [2.45, 2.75) is 57.0 Å². The Balaban J connectivity index is 2.68. The van der Waals surface area contributed by atoms with Gasteiger partial charge in [0.2, 0.25) is 11.8 Å². The van der Waals surface area contributed by atoms with Gasteiger partial charge in [0.15, 0.2) is 11.6 Å². The fraction of sp³-hybridized carbons (Fsp3) is 0.737. The third kappa shape index (κ3) is 10.9. The number of unbranched alkanes of at least 4 members (excludes halogenated alkanes) is 1. The van der Waals surface area contributed by atoms with Crippen molar-refractivity contribution in [2.24, 2.45) is 5.73 Å². The van der Waals surface area contributed by atoms with E-state index in [0.717, 1.165) is 0 Å². The maximum atomic E-state index is 12.7. The summed E-state index contributed by atoms with van der Waals surface area (Å²) in [6.45, 7) is 0.400. The SMILES string of the molecule is NCC(=O)[C@@H]1CCC(=O)CCC(=O)NCN[C@@H](CCCCNC(=O)CBr)C(=O)CN1. The summed E-state index contributed by atoms with van der Waals surface area (Å²) in [7, 11) is 0. The van der Waals surface area contributed by atoms with Crippen molar-refractivity contribution in [1.82, 2.24) is 21.3 Å². The summed E-state index contributed by atoms with van der Waals surface area (Å²) >= 11 is 3.08. The Morgan fingerprint density at radius 1 is 1.10 bits per heavy atom. The molecule has 0 aromatic carbocycles. The molecule has 170 valence electrons. The lowest BCUT2D eigenvalue weighted by atomic mass is 10.0. The van der Waals surface area contributed by atoms with Crippen molar-refractivity contribution < 1.29 is 24.0 Å². The van der Waals surface area contributed by atoms with Crippen LogP contribution in [0.4, 0.5) is 0 Å². The molecule has 1 saturated heterocycles. The van der Waals surface area contributed by atoms with Crippen LogP contribution in [-0.2, 0) is 24.0 Å². The molecule has 0 spiro atoms. The molecule has 1 fully saturated rings. The second-order valence-electron chi connectivity index (χ2n) is 7.16. The van der Waals surface area contributed by atoms with Crippen LogP contribution < -0.4 is 27.0 Å². The molecule has 6 N–H and O–H groups in total. The van der Waals surface area contributed by atoms with Crippen LogP contribution in [0.15, 0.2) is 0 Å². The average Bonchev–Trinajstić information content (AvgIpc) is 2.74. The molecule has 1 rings (SSSR count). The number of carbonyl (C=O) groups is 5. The predicted octanol–water partition coefficient (Wildman–Crippen LogP) is -1.10. The third-order valence-corrected chi connectivity index (χ3v) is 5.35. The van der Waals surface area contributed by atoms with Gasteiger partial charge in [-0.25, -0.2) is 0 Å². The Labute approximate surface area is 185 Å². The molecule has 2 atom stereocenters. The van der Waals surface area contributed by atoms with Crippen LogP contribution in [0.25, 0.3) is 0 Å². The lowest BCUT2D eigenvalue weighted by Gasteiger charge is -2.21. The molecule has 0 aliphatic carbocycles. The van der Waals surface area contributed by atoms with Gasteiger partial charge in [0.05, 0.1) is 37.2 Å². The number of alkyl halides is 1. The van der Waals surface area contributed by atoms with Crippen LogP contribution in [0.5, 0.6) is 0 Å².